The lowest BCUT2D eigenvalue weighted by molar-refractivity contribution is 0.0914. The van der Waals surface area contributed by atoms with E-state index in [9.17, 15) is 9.59 Å². The largest absolute Gasteiger partial charge is 0.454 e. The maximum atomic E-state index is 12.2. The van der Waals surface area contributed by atoms with Gasteiger partial charge in [0.2, 0.25) is 6.79 Å². The molecule has 7 heteroatoms. The number of ether oxygens (including phenoxy) is 3. The summed E-state index contributed by atoms with van der Waals surface area (Å²) in [4.78, 5) is 25.3. The minimum absolute atomic E-state index is 0.126. The Hall–Kier alpha value is -2.44. The van der Waals surface area contributed by atoms with Crippen LogP contribution in [0.3, 0.4) is 0 Å². The first-order valence-corrected chi connectivity index (χ1v) is 7.68. The molecule has 7 nitrogen and oxygen atoms in total. The van der Waals surface area contributed by atoms with Crippen LogP contribution >= 0.6 is 0 Å². The topological polar surface area (TPSA) is 77.1 Å². The Balaban J connectivity index is 1.47. The summed E-state index contributed by atoms with van der Waals surface area (Å²) >= 11 is 0. The molecule has 2 aliphatic rings. The quantitative estimate of drug-likeness (QED) is 0.916. The number of rotatable bonds is 3. The SMILES string of the molecule is COC(=O)N1CCC(CNC(=O)c2ccc3c(c2)OCO3)CC1. The third-order valence-corrected chi connectivity index (χ3v) is 4.23. The Bertz CT molecular complexity index is 596. The molecule has 0 atom stereocenters. The molecule has 1 N–H and O–H groups in total. The average molecular weight is 320 g/mol. The van der Waals surface area contributed by atoms with E-state index in [0.717, 1.165) is 12.8 Å². The first-order chi connectivity index (χ1) is 11.2. The van der Waals surface area contributed by atoms with E-state index in [0.29, 0.717) is 42.6 Å². The molecule has 1 aromatic carbocycles. The summed E-state index contributed by atoms with van der Waals surface area (Å²) in [5.74, 6) is 1.51. The van der Waals surface area contributed by atoms with Gasteiger partial charge < -0.3 is 24.4 Å². The van der Waals surface area contributed by atoms with Crippen molar-refractivity contribution in [3.8, 4) is 11.5 Å². The summed E-state index contributed by atoms with van der Waals surface area (Å²) in [6.07, 6.45) is 1.43. The molecule has 0 unspecified atom stereocenters. The minimum atomic E-state index is -0.284. The Kier molecular flexibility index (Phi) is 4.55. The van der Waals surface area contributed by atoms with Crippen molar-refractivity contribution in [1.82, 2.24) is 10.2 Å². The minimum Gasteiger partial charge on any atom is -0.454 e. The predicted molar refractivity (Wildman–Crippen MR) is 81.6 cm³/mol. The van der Waals surface area contributed by atoms with Gasteiger partial charge in [0.15, 0.2) is 11.5 Å². The number of hydrogen-bond donors (Lipinski definition) is 1. The van der Waals surface area contributed by atoms with Crippen LogP contribution in [0.5, 0.6) is 11.5 Å². The van der Waals surface area contributed by atoms with E-state index in [1.165, 1.54) is 7.11 Å². The van der Waals surface area contributed by atoms with E-state index in [-0.39, 0.29) is 18.8 Å². The lowest BCUT2D eigenvalue weighted by atomic mass is 9.97. The highest BCUT2D eigenvalue weighted by Crippen LogP contribution is 2.32. The van der Waals surface area contributed by atoms with Crippen molar-refractivity contribution in [1.29, 1.82) is 0 Å². The molecular formula is C16H20N2O5. The molecule has 1 aromatic rings. The first-order valence-electron chi connectivity index (χ1n) is 7.68. The van der Waals surface area contributed by atoms with Gasteiger partial charge in [0, 0.05) is 25.2 Å². The summed E-state index contributed by atoms with van der Waals surface area (Å²) in [6.45, 7) is 2.12. The number of nitrogens with zero attached hydrogens (tertiary/aromatic N) is 1. The molecule has 0 bridgehead atoms. The number of hydrogen-bond acceptors (Lipinski definition) is 5. The monoisotopic (exact) mass is 320 g/mol. The van der Waals surface area contributed by atoms with Gasteiger partial charge in [-0.15, -0.1) is 0 Å². The second-order valence-corrected chi connectivity index (χ2v) is 5.68. The Morgan fingerprint density at radius 1 is 1.26 bits per heavy atom. The molecule has 1 fully saturated rings. The van der Waals surface area contributed by atoms with Gasteiger partial charge in [-0.3, -0.25) is 4.79 Å². The number of benzene rings is 1. The maximum absolute atomic E-state index is 12.2. The Morgan fingerprint density at radius 3 is 2.74 bits per heavy atom. The van der Waals surface area contributed by atoms with Crippen LogP contribution in [0.25, 0.3) is 0 Å². The zero-order chi connectivity index (χ0) is 16.2. The highest BCUT2D eigenvalue weighted by atomic mass is 16.7. The normalized spacial score (nSPS) is 17.0. The van der Waals surface area contributed by atoms with Gasteiger partial charge in [0.1, 0.15) is 0 Å². The molecule has 2 heterocycles. The molecule has 23 heavy (non-hydrogen) atoms. The molecule has 0 radical (unpaired) electrons. The lowest BCUT2D eigenvalue weighted by Gasteiger charge is -2.30. The van der Waals surface area contributed by atoms with E-state index in [2.05, 4.69) is 5.32 Å². The summed E-state index contributed by atoms with van der Waals surface area (Å²) in [5.41, 5.74) is 0.557. The predicted octanol–water partition coefficient (Wildman–Crippen LogP) is 1.62. The van der Waals surface area contributed by atoms with Crippen LogP contribution in [0.2, 0.25) is 0 Å². The van der Waals surface area contributed by atoms with Crippen LogP contribution in [0.4, 0.5) is 4.79 Å². The number of likely N-dealkylation sites (tertiary alicyclic amines) is 1. The van der Waals surface area contributed by atoms with Crippen LogP contribution in [0.1, 0.15) is 23.2 Å². The molecule has 0 aliphatic carbocycles. The van der Waals surface area contributed by atoms with Crippen molar-refractivity contribution in [2.45, 2.75) is 12.8 Å². The number of methoxy groups -OCH3 is 1. The Labute approximate surface area is 134 Å². The fourth-order valence-corrected chi connectivity index (χ4v) is 2.83. The lowest BCUT2D eigenvalue weighted by Crippen LogP contribution is -2.41. The number of nitrogens with one attached hydrogen (secondary N) is 1. The van der Waals surface area contributed by atoms with Crippen molar-refractivity contribution in [2.24, 2.45) is 5.92 Å². The van der Waals surface area contributed by atoms with Crippen molar-refractivity contribution >= 4 is 12.0 Å². The van der Waals surface area contributed by atoms with Gasteiger partial charge in [0.25, 0.3) is 5.91 Å². The Morgan fingerprint density at radius 2 is 2.00 bits per heavy atom. The van der Waals surface area contributed by atoms with Crippen molar-refractivity contribution in [2.75, 3.05) is 33.5 Å². The van der Waals surface area contributed by atoms with Crippen molar-refractivity contribution in [3.05, 3.63) is 23.8 Å². The van der Waals surface area contributed by atoms with Crippen LogP contribution in [0, 0.1) is 5.92 Å². The zero-order valence-corrected chi connectivity index (χ0v) is 13.0. The van der Waals surface area contributed by atoms with Gasteiger partial charge in [-0.2, -0.15) is 0 Å². The summed E-state index contributed by atoms with van der Waals surface area (Å²) in [6, 6.07) is 5.16. The first kappa shape index (κ1) is 15.5. The van der Waals surface area contributed by atoms with Crippen molar-refractivity contribution in [3.63, 3.8) is 0 Å². The molecular weight excluding hydrogens is 300 g/mol. The molecule has 3 rings (SSSR count). The summed E-state index contributed by atoms with van der Waals surface area (Å²) in [7, 11) is 1.39. The standard InChI is InChI=1S/C16H20N2O5/c1-21-16(20)18-6-4-11(5-7-18)9-17-15(19)12-2-3-13-14(8-12)23-10-22-13/h2-3,8,11H,4-7,9-10H2,1H3,(H,17,19). The molecule has 124 valence electrons. The van der Waals surface area contributed by atoms with Gasteiger partial charge in [0.05, 0.1) is 7.11 Å². The van der Waals surface area contributed by atoms with Crippen molar-refractivity contribution < 1.29 is 23.8 Å². The number of carbonyl (C=O) groups excluding carboxylic acids is 2. The maximum Gasteiger partial charge on any atom is 0.409 e. The highest BCUT2D eigenvalue weighted by Gasteiger charge is 2.24. The number of fused-ring (bicyclic) bond motifs is 1. The summed E-state index contributed by atoms with van der Waals surface area (Å²) in [5, 5.41) is 2.95. The zero-order valence-electron chi connectivity index (χ0n) is 13.0. The van der Waals surface area contributed by atoms with Gasteiger partial charge >= 0.3 is 6.09 Å². The molecule has 2 aliphatic heterocycles. The summed E-state index contributed by atoms with van der Waals surface area (Å²) < 4.78 is 15.2. The van der Waals surface area contributed by atoms with Gasteiger partial charge in [-0.05, 0) is 37.0 Å². The second kappa shape index (κ2) is 6.76. The van der Waals surface area contributed by atoms with Crippen LogP contribution in [-0.4, -0.2) is 50.4 Å². The van der Waals surface area contributed by atoms with E-state index in [1.807, 2.05) is 0 Å². The molecule has 0 spiro atoms. The van der Waals surface area contributed by atoms with Crippen LogP contribution in [-0.2, 0) is 4.74 Å². The number of piperidine rings is 1. The third-order valence-electron chi connectivity index (χ3n) is 4.23. The van der Waals surface area contributed by atoms with E-state index < -0.39 is 0 Å². The highest BCUT2D eigenvalue weighted by molar-refractivity contribution is 5.94. The molecule has 1 saturated heterocycles. The van der Waals surface area contributed by atoms with E-state index in [1.54, 1.807) is 23.1 Å². The molecule has 0 saturated carbocycles. The molecule has 2 amide bonds. The van der Waals surface area contributed by atoms with E-state index >= 15 is 0 Å². The number of amides is 2. The van der Waals surface area contributed by atoms with Crippen LogP contribution < -0.4 is 14.8 Å². The second-order valence-electron chi connectivity index (χ2n) is 5.68. The average Bonchev–Trinajstić information content (AvgIpc) is 3.07. The molecule has 0 aromatic heterocycles. The number of carbonyl (C=O) groups is 2. The fourth-order valence-electron chi connectivity index (χ4n) is 2.83. The fraction of sp³-hybridized carbons (Fsp3) is 0.500. The van der Waals surface area contributed by atoms with E-state index in [4.69, 9.17) is 14.2 Å². The van der Waals surface area contributed by atoms with Gasteiger partial charge in [-0.1, -0.05) is 0 Å². The third kappa shape index (κ3) is 3.49. The van der Waals surface area contributed by atoms with Crippen LogP contribution in [0.15, 0.2) is 18.2 Å². The van der Waals surface area contributed by atoms with Gasteiger partial charge in [-0.25, -0.2) is 4.79 Å². The smallest absolute Gasteiger partial charge is 0.409 e.